The fourth-order valence-corrected chi connectivity index (χ4v) is 8.29. The van der Waals surface area contributed by atoms with E-state index in [0.717, 1.165) is 65.6 Å². The molecule has 0 spiro atoms. The Morgan fingerprint density at radius 3 is 1.46 bits per heavy atom. The molecule has 266 valence electrons. The molecule has 0 aliphatic heterocycles. The van der Waals surface area contributed by atoms with Crippen molar-refractivity contribution in [1.82, 2.24) is 19.5 Å². The second-order valence-electron chi connectivity index (χ2n) is 14.4. The van der Waals surface area contributed by atoms with Crippen LogP contribution in [0.25, 0.3) is 105 Å². The molecule has 11 rings (SSSR count). The standard InChI is InChI=1S/C53H34N4/c1-3-13-35(14-4-1)37-25-27-38(28-26-37)44-21-11-17-39-18-12-22-47(50(39)44)52-54-51(43-32-31-41-33-40(29-30-42(41)34-43)36-15-5-2-6-16-36)55-53(56-52)57-48-23-9-7-19-45(48)46-20-8-10-24-49(46)57/h1-34H. The van der Waals surface area contributed by atoms with E-state index < -0.39 is 0 Å². The second-order valence-corrected chi connectivity index (χ2v) is 14.4. The molecule has 2 aromatic heterocycles. The highest BCUT2D eigenvalue weighted by Gasteiger charge is 2.20. The van der Waals surface area contributed by atoms with Gasteiger partial charge >= 0.3 is 0 Å². The van der Waals surface area contributed by atoms with E-state index in [2.05, 4.69) is 211 Å². The van der Waals surface area contributed by atoms with Crippen LogP contribution in [0, 0.1) is 0 Å². The summed E-state index contributed by atoms with van der Waals surface area (Å²) in [7, 11) is 0. The lowest BCUT2D eigenvalue weighted by Crippen LogP contribution is -2.06. The van der Waals surface area contributed by atoms with Gasteiger partial charge in [-0.25, -0.2) is 4.98 Å². The van der Waals surface area contributed by atoms with Gasteiger partial charge in [-0.05, 0) is 73.8 Å². The van der Waals surface area contributed by atoms with Crippen LogP contribution < -0.4 is 0 Å². The van der Waals surface area contributed by atoms with Gasteiger partial charge in [-0.3, -0.25) is 4.57 Å². The Hall–Kier alpha value is -7.69. The first-order chi connectivity index (χ1) is 28.2. The van der Waals surface area contributed by atoms with E-state index >= 15 is 0 Å². The van der Waals surface area contributed by atoms with Crippen molar-refractivity contribution in [2.45, 2.75) is 0 Å². The molecule has 0 bridgehead atoms. The molecule has 0 N–H and O–H groups in total. The third kappa shape index (κ3) is 5.74. The summed E-state index contributed by atoms with van der Waals surface area (Å²) in [5, 5.41) is 6.82. The Morgan fingerprint density at radius 2 is 0.789 bits per heavy atom. The van der Waals surface area contributed by atoms with Crippen LogP contribution in [0.5, 0.6) is 0 Å². The van der Waals surface area contributed by atoms with Crippen molar-refractivity contribution in [2.24, 2.45) is 0 Å². The van der Waals surface area contributed by atoms with Crippen molar-refractivity contribution in [2.75, 3.05) is 0 Å². The zero-order chi connectivity index (χ0) is 37.7. The Bertz CT molecular complexity index is 3220. The predicted molar refractivity (Wildman–Crippen MR) is 236 cm³/mol. The van der Waals surface area contributed by atoms with Gasteiger partial charge in [-0.2, -0.15) is 9.97 Å². The molecule has 0 amide bonds. The topological polar surface area (TPSA) is 43.6 Å². The Kier molecular flexibility index (Phi) is 7.78. The number of hydrogen-bond donors (Lipinski definition) is 0. The summed E-state index contributed by atoms with van der Waals surface area (Å²) in [5.41, 5.74) is 11.0. The zero-order valence-electron chi connectivity index (χ0n) is 30.9. The van der Waals surface area contributed by atoms with E-state index in [1.807, 2.05) is 0 Å². The molecule has 0 unspecified atom stereocenters. The minimum absolute atomic E-state index is 0.577. The van der Waals surface area contributed by atoms with Gasteiger partial charge < -0.3 is 0 Å². The summed E-state index contributed by atoms with van der Waals surface area (Å²) < 4.78 is 2.18. The molecular formula is C53H34N4. The van der Waals surface area contributed by atoms with Gasteiger partial charge in [0.25, 0.3) is 0 Å². The molecule has 4 heteroatoms. The minimum Gasteiger partial charge on any atom is -0.278 e. The maximum atomic E-state index is 5.36. The van der Waals surface area contributed by atoms with Crippen LogP contribution >= 0.6 is 0 Å². The Labute approximate surface area is 330 Å². The molecular weight excluding hydrogens is 693 g/mol. The van der Waals surface area contributed by atoms with Crippen LogP contribution in [0.4, 0.5) is 0 Å². The van der Waals surface area contributed by atoms with Crippen LogP contribution in [0.2, 0.25) is 0 Å². The van der Waals surface area contributed by atoms with Crippen molar-refractivity contribution in [3.63, 3.8) is 0 Å². The van der Waals surface area contributed by atoms with Crippen molar-refractivity contribution >= 4 is 43.4 Å². The van der Waals surface area contributed by atoms with E-state index in [1.54, 1.807) is 0 Å². The van der Waals surface area contributed by atoms with E-state index in [4.69, 9.17) is 15.0 Å². The molecule has 4 nitrogen and oxygen atoms in total. The molecule has 11 aromatic rings. The van der Waals surface area contributed by atoms with E-state index in [9.17, 15) is 0 Å². The largest absolute Gasteiger partial charge is 0.278 e. The average Bonchev–Trinajstić information content (AvgIpc) is 3.63. The van der Waals surface area contributed by atoms with Gasteiger partial charge in [-0.15, -0.1) is 0 Å². The zero-order valence-corrected chi connectivity index (χ0v) is 30.9. The van der Waals surface area contributed by atoms with Crippen molar-refractivity contribution in [1.29, 1.82) is 0 Å². The molecule has 0 aliphatic carbocycles. The Morgan fingerprint density at radius 1 is 0.298 bits per heavy atom. The summed E-state index contributed by atoms with van der Waals surface area (Å²) in [6.45, 7) is 0. The summed E-state index contributed by atoms with van der Waals surface area (Å²) in [4.78, 5) is 16.0. The molecule has 9 aromatic carbocycles. The number of para-hydroxylation sites is 2. The molecule has 0 saturated carbocycles. The first-order valence-electron chi connectivity index (χ1n) is 19.3. The highest BCUT2D eigenvalue weighted by Crippen LogP contribution is 2.38. The predicted octanol–water partition coefficient (Wildman–Crippen LogP) is 13.6. The third-order valence-electron chi connectivity index (χ3n) is 11.1. The maximum Gasteiger partial charge on any atom is 0.238 e. The first-order valence-corrected chi connectivity index (χ1v) is 19.3. The van der Waals surface area contributed by atoms with E-state index in [1.165, 1.54) is 22.3 Å². The van der Waals surface area contributed by atoms with Crippen molar-refractivity contribution in [3.05, 3.63) is 206 Å². The number of rotatable bonds is 6. The number of benzene rings is 9. The van der Waals surface area contributed by atoms with Gasteiger partial charge in [0, 0.05) is 27.3 Å². The maximum absolute atomic E-state index is 5.36. The summed E-state index contributed by atoms with van der Waals surface area (Å²) in [5.74, 6) is 1.82. The van der Waals surface area contributed by atoms with Crippen LogP contribution in [0.3, 0.4) is 0 Å². The van der Waals surface area contributed by atoms with Gasteiger partial charge in [-0.1, -0.05) is 182 Å². The van der Waals surface area contributed by atoms with Gasteiger partial charge in [0.2, 0.25) is 5.95 Å². The number of aromatic nitrogens is 4. The number of nitrogens with zero attached hydrogens (tertiary/aromatic N) is 4. The lowest BCUT2D eigenvalue weighted by Gasteiger charge is -2.15. The normalized spacial score (nSPS) is 11.5. The lowest BCUT2D eigenvalue weighted by molar-refractivity contribution is 0.954. The van der Waals surface area contributed by atoms with E-state index in [0.29, 0.717) is 17.6 Å². The molecule has 2 heterocycles. The average molecular weight is 727 g/mol. The molecule has 0 aliphatic rings. The lowest BCUT2D eigenvalue weighted by atomic mass is 9.93. The highest BCUT2D eigenvalue weighted by atomic mass is 15.2. The van der Waals surface area contributed by atoms with Crippen LogP contribution in [0.15, 0.2) is 206 Å². The fourth-order valence-electron chi connectivity index (χ4n) is 8.29. The monoisotopic (exact) mass is 726 g/mol. The van der Waals surface area contributed by atoms with Gasteiger partial charge in [0.05, 0.1) is 11.0 Å². The quantitative estimate of drug-likeness (QED) is 0.171. The number of hydrogen-bond acceptors (Lipinski definition) is 3. The van der Waals surface area contributed by atoms with Crippen LogP contribution in [0.1, 0.15) is 0 Å². The summed E-state index contributed by atoms with van der Waals surface area (Å²) >= 11 is 0. The van der Waals surface area contributed by atoms with Crippen LogP contribution in [-0.2, 0) is 0 Å². The van der Waals surface area contributed by atoms with Crippen LogP contribution in [-0.4, -0.2) is 19.5 Å². The molecule has 0 saturated heterocycles. The second kappa shape index (κ2) is 13.6. The molecule has 0 atom stereocenters. The van der Waals surface area contributed by atoms with E-state index in [-0.39, 0.29) is 0 Å². The molecule has 0 radical (unpaired) electrons. The SMILES string of the molecule is c1ccc(-c2ccc(-c3cccc4cccc(-c5nc(-c6ccc7cc(-c8ccccc8)ccc7c6)nc(-n6c7ccccc7c7ccccc76)n5)c34)cc2)cc1. The number of fused-ring (bicyclic) bond motifs is 5. The smallest absolute Gasteiger partial charge is 0.238 e. The molecule has 0 fully saturated rings. The Balaban J connectivity index is 1.12. The van der Waals surface area contributed by atoms with Gasteiger partial charge in [0.1, 0.15) is 0 Å². The molecule has 57 heavy (non-hydrogen) atoms. The third-order valence-corrected chi connectivity index (χ3v) is 11.1. The fraction of sp³-hybridized carbons (Fsp3) is 0. The van der Waals surface area contributed by atoms with Crippen molar-refractivity contribution in [3.8, 4) is 62.1 Å². The highest BCUT2D eigenvalue weighted by molar-refractivity contribution is 6.09. The summed E-state index contributed by atoms with van der Waals surface area (Å²) in [6.07, 6.45) is 0. The minimum atomic E-state index is 0.577. The first kappa shape index (κ1) is 32.7. The summed E-state index contributed by atoms with van der Waals surface area (Å²) in [6, 6.07) is 72.9. The van der Waals surface area contributed by atoms with Gasteiger partial charge in [0.15, 0.2) is 11.6 Å². The van der Waals surface area contributed by atoms with Crippen molar-refractivity contribution < 1.29 is 0 Å².